The van der Waals surface area contributed by atoms with E-state index in [2.05, 4.69) is 27.7 Å². The van der Waals surface area contributed by atoms with E-state index in [9.17, 15) is 9.59 Å². The minimum absolute atomic E-state index is 0.0421. The Morgan fingerprint density at radius 2 is 1.04 bits per heavy atom. The molecule has 0 spiro atoms. The summed E-state index contributed by atoms with van der Waals surface area (Å²) < 4.78 is 11.9. The number of hydrogen-bond acceptors (Lipinski definition) is 5. The van der Waals surface area contributed by atoms with Crippen molar-refractivity contribution < 1.29 is 19.1 Å². The molecule has 0 aliphatic rings. The SMILES string of the molecule is CCCCCCCCC(CCCCCCCC)OCC(=O)N(CCCN)CCCCCCCC(=O)OCCC(CCCC)CCCC. The maximum atomic E-state index is 13.2. The Kier molecular flexibility index (Phi) is 35.3. The second-order valence-electron chi connectivity index (χ2n) is 14.2. The van der Waals surface area contributed by atoms with Crippen LogP contribution in [0.15, 0.2) is 0 Å². The van der Waals surface area contributed by atoms with Gasteiger partial charge in [0.05, 0.1) is 12.7 Å². The molecule has 0 saturated heterocycles. The maximum absolute atomic E-state index is 13.2. The van der Waals surface area contributed by atoms with E-state index in [4.69, 9.17) is 15.2 Å². The molecule has 1 amide bonds. The highest BCUT2D eigenvalue weighted by Crippen LogP contribution is 2.20. The monoisotopic (exact) mass is 667 g/mol. The lowest BCUT2D eigenvalue weighted by Gasteiger charge is -2.24. The van der Waals surface area contributed by atoms with Gasteiger partial charge in [-0.3, -0.25) is 9.59 Å². The highest BCUT2D eigenvalue weighted by Gasteiger charge is 2.17. The number of amides is 1. The zero-order valence-corrected chi connectivity index (χ0v) is 32.1. The van der Waals surface area contributed by atoms with Crippen molar-refractivity contribution in [2.45, 2.75) is 214 Å². The number of nitrogens with zero attached hydrogens (tertiary/aromatic N) is 1. The van der Waals surface area contributed by atoms with E-state index in [0.29, 0.717) is 32.0 Å². The van der Waals surface area contributed by atoms with Gasteiger partial charge in [-0.25, -0.2) is 0 Å². The lowest BCUT2D eigenvalue weighted by Crippen LogP contribution is -2.37. The molecule has 0 atom stereocenters. The van der Waals surface area contributed by atoms with Gasteiger partial charge in [0.1, 0.15) is 6.61 Å². The van der Waals surface area contributed by atoms with Gasteiger partial charge in [0.15, 0.2) is 0 Å². The third-order valence-electron chi connectivity index (χ3n) is 9.72. The molecule has 0 saturated carbocycles. The standard InChI is InChI=1S/C41H82N2O4/c1-5-9-13-15-18-22-29-39(30-23-19-16-14-10-6-2)47-37-40(44)43(35-26-33-42)34-25-21-17-20-24-31-41(45)46-36-32-38(27-11-7-3)28-12-8-4/h38-39H,5-37,42H2,1-4H3. The fourth-order valence-corrected chi connectivity index (χ4v) is 6.47. The summed E-state index contributed by atoms with van der Waals surface area (Å²) in [6.07, 6.45) is 32.7. The molecule has 2 N–H and O–H groups in total. The van der Waals surface area contributed by atoms with E-state index in [1.807, 2.05) is 4.90 Å². The highest BCUT2D eigenvalue weighted by molar-refractivity contribution is 5.77. The van der Waals surface area contributed by atoms with Crippen molar-refractivity contribution >= 4 is 11.9 Å². The van der Waals surface area contributed by atoms with Crippen molar-refractivity contribution in [3.8, 4) is 0 Å². The first-order valence-electron chi connectivity index (χ1n) is 20.8. The van der Waals surface area contributed by atoms with E-state index in [0.717, 1.165) is 64.3 Å². The number of unbranched alkanes of at least 4 members (excludes halogenated alkanes) is 16. The Hall–Kier alpha value is -1.14. The minimum atomic E-state index is -0.0421. The van der Waals surface area contributed by atoms with Gasteiger partial charge in [0.25, 0.3) is 0 Å². The van der Waals surface area contributed by atoms with E-state index >= 15 is 0 Å². The molecule has 280 valence electrons. The fourth-order valence-electron chi connectivity index (χ4n) is 6.47. The van der Waals surface area contributed by atoms with Gasteiger partial charge in [-0.15, -0.1) is 0 Å². The van der Waals surface area contributed by atoms with Crippen LogP contribution in [0.25, 0.3) is 0 Å². The average molecular weight is 667 g/mol. The largest absolute Gasteiger partial charge is 0.466 e. The number of nitrogens with two attached hydrogens (primary N) is 1. The van der Waals surface area contributed by atoms with Crippen LogP contribution < -0.4 is 5.73 Å². The van der Waals surface area contributed by atoms with Crippen LogP contribution in [-0.2, 0) is 19.1 Å². The quantitative estimate of drug-likeness (QED) is 0.0527. The lowest BCUT2D eigenvalue weighted by molar-refractivity contribution is -0.144. The molecule has 0 aromatic rings. The van der Waals surface area contributed by atoms with Crippen LogP contribution in [0.5, 0.6) is 0 Å². The molecule has 0 aromatic heterocycles. The first-order chi connectivity index (χ1) is 23.0. The smallest absolute Gasteiger partial charge is 0.305 e. The third kappa shape index (κ3) is 30.6. The summed E-state index contributed by atoms with van der Waals surface area (Å²) in [5.41, 5.74) is 5.81. The number of carbonyl (C=O) groups excluding carboxylic acids is 2. The molecule has 0 heterocycles. The molecule has 47 heavy (non-hydrogen) atoms. The summed E-state index contributed by atoms with van der Waals surface area (Å²) in [5, 5.41) is 0. The first-order valence-corrected chi connectivity index (χ1v) is 20.8. The molecule has 0 radical (unpaired) electrons. The van der Waals surface area contributed by atoms with E-state index in [-0.39, 0.29) is 24.6 Å². The predicted octanol–water partition coefficient (Wildman–Crippen LogP) is 11.3. The third-order valence-corrected chi connectivity index (χ3v) is 9.72. The number of esters is 1. The van der Waals surface area contributed by atoms with Gasteiger partial charge in [-0.05, 0) is 51.0 Å². The predicted molar refractivity (Wildman–Crippen MR) is 202 cm³/mol. The number of rotatable bonds is 37. The summed E-state index contributed by atoms with van der Waals surface area (Å²) in [6, 6.07) is 0. The van der Waals surface area contributed by atoms with Gasteiger partial charge in [-0.2, -0.15) is 0 Å². The maximum Gasteiger partial charge on any atom is 0.305 e. The Morgan fingerprint density at radius 1 is 0.553 bits per heavy atom. The molecule has 0 unspecified atom stereocenters. The van der Waals surface area contributed by atoms with Crippen LogP contribution >= 0.6 is 0 Å². The average Bonchev–Trinajstić information content (AvgIpc) is 3.07. The minimum Gasteiger partial charge on any atom is -0.466 e. The van der Waals surface area contributed by atoms with Crippen LogP contribution in [0.1, 0.15) is 207 Å². The second kappa shape index (κ2) is 36.1. The van der Waals surface area contributed by atoms with Crippen molar-refractivity contribution in [2.24, 2.45) is 11.7 Å². The second-order valence-corrected chi connectivity index (χ2v) is 14.2. The number of ether oxygens (including phenoxy) is 2. The van der Waals surface area contributed by atoms with Gasteiger partial charge in [0.2, 0.25) is 5.91 Å². The first kappa shape index (κ1) is 45.9. The molecule has 6 nitrogen and oxygen atoms in total. The summed E-state index contributed by atoms with van der Waals surface area (Å²) >= 11 is 0. The van der Waals surface area contributed by atoms with Gasteiger partial charge < -0.3 is 20.1 Å². The van der Waals surface area contributed by atoms with Crippen molar-refractivity contribution in [2.75, 3.05) is 32.8 Å². The van der Waals surface area contributed by atoms with Crippen LogP contribution in [0, 0.1) is 5.92 Å². The number of hydrogen-bond donors (Lipinski definition) is 1. The molecule has 0 fully saturated rings. The Bertz CT molecular complexity index is 650. The van der Waals surface area contributed by atoms with E-state index in [1.165, 1.54) is 116 Å². The lowest BCUT2D eigenvalue weighted by atomic mass is 9.93. The Morgan fingerprint density at radius 3 is 1.60 bits per heavy atom. The summed E-state index contributed by atoms with van der Waals surface area (Å²) in [5.74, 6) is 0.769. The topological polar surface area (TPSA) is 81.9 Å². The van der Waals surface area contributed by atoms with Crippen molar-refractivity contribution in [3.05, 3.63) is 0 Å². The molecular weight excluding hydrogens is 584 g/mol. The van der Waals surface area contributed by atoms with Gasteiger partial charge in [-0.1, -0.05) is 163 Å². The van der Waals surface area contributed by atoms with Crippen LogP contribution in [0.2, 0.25) is 0 Å². The molecule has 0 rings (SSSR count). The zero-order valence-electron chi connectivity index (χ0n) is 32.1. The Balaban J connectivity index is 4.41. The van der Waals surface area contributed by atoms with Crippen LogP contribution in [0.4, 0.5) is 0 Å². The van der Waals surface area contributed by atoms with Crippen molar-refractivity contribution in [3.63, 3.8) is 0 Å². The van der Waals surface area contributed by atoms with E-state index in [1.54, 1.807) is 0 Å². The molecule has 0 aliphatic carbocycles. The van der Waals surface area contributed by atoms with Gasteiger partial charge >= 0.3 is 5.97 Å². The number of carbonyl (C=O) groups is 2. The zero-order chi connectivity index (χ0) is 34.6. The molecular formula is C41H82N2O4. The van der Waals surface area contributed by atoms with Gasteiger partial charge in [0, 0.05) is 19.5 Å². The van der Waals surface area contributed by atoms with E-state index < -0.39 is 0 Å². The fraction of sp³-hybridized carbons (Fsp3) is 0.951. The molecule has 0 bridgehead atoms. The Labute approximate surface area is 293 Å². The summed E-state index contributed by atoms with van der Waals surface area (Å²) in [7, 11) is 0. The highest BCUT2D eigenvalue weighted by atomic mass is 16.5. The van der Waals surface area contributed by atoms with Crippen LogP contribution in [-0.4, -0.2) is 55.7 Å². The normalized spacial score (nSPS) is 11.6. The van der Waals surface area contributed by atoms with Crippen molar-refractivity contribution in [1.29, 1.82) is 0 Å². The molecule has 6 heteroatoms. The molecule has 0 aromatic carbocycles. The molecule has 0 aliphatic heterocycles. The van der Waals surface area contributed by atoms with Crippen molar-refractivity contribution in [1.82, 2.24) is 4.90 Å². The summed E-state index contributed by atoms with van der Waals surface area (Å²) in [4.78, 5) is 27.5. The summed E-state index contributed by atoms with van der Waals surface area (Å²) in [6.45, 7) is 11.9. The van der Waals surface area contributed by atoms with Crippen LogP contribution in [0.3, 0.4) is 0 Å².